The van der Waals surface area contributed by atoms with Gasteiger partial charge >= 0.3 is 0 Å². The predicted molar refractivity (Wildman–Crippen MR) is 73.4 cm³/mol. The second-order valence-electron chi connectivity index (χ2n) is 5.94. The summed E-state index contributed by atoms with van der Waals surface area (Å²) in [5.41, 5.74) is 0. The lowest BCUT2D eigenvalue weighted by Crippen LogP contribution is -2.17. The molecule has 90 valence electrons. The normalized spacial score (nSPS) is 21.9. The third-order valence-electron chi connectivity index (χ3n) is 2.92. The van der Waals surface area contributed by atoms with Crippen molar-refractivity contribution in [2.45, 2.75) is 51.4 Å². The van der Waals surface area contributed by atoms with Crippen LogP contribution in [-0.2, 0) is 4.79 Å². The van der Waals surface area contributed by atoms with Crippen molar-refractivity contribution < 1.29 is 4.79 Å². The third kappa shape index (κ3) is 6.06. The minimum Gasteiger partial charge on any atom is -0.295 e. The maximum Gasteiger partial charge on any atom is 0.155 e. The molecule has 0 bridgehead atoms. The number of rotatable bonds is 5. The molecule has 0 aromatic rings. The lowest BCUT2D eigenvalue weighted by atomic mass is 9.91. The van der Waals surface area contributed by atoms with E-state index < -0.39 is 8.07 Å². The van der Waals surface area contributed by atoms with Gasteiger partial charge in [0.05, 0.1) is 0 Å². The second-order valence-corrected chi connectivity index (χ2v) is 11.5. The van der Waals surface area contributed by atoms with Crippen LogP contribution in [0.4, 0.5) is 0 Å². The summed E-state index contributed by atoms with van der Waals surface area (Å²) in [6, 6.07) is 1.28. The molecule has 1 aliphatic carbocycles. The lowest BCUT2D eigenvalue weighted by Gasteiger charge is -2.14. The van der Waals surface area contributed by atoms with Crippen LogP contribution in [-0.4, -0.2) is 13.9 Å². The molecule has 1 nitrogen and oxygen atoms in total. The van der Waals surface area contributed by atoms with Crippen LogP contribution in [0.15, 0.2) is 24.3 Å². The summed E-state index contributed by atoms with van der Waals surface area (Å²) in [5.74, 6) is 0.930. The van der Waals surface area contributed by atoms with E-state index in [2.05, 4.69) is 37.9 Å². The average molecular weight is 236 g/mol. The second kappa shape index (κ2) is 6.19. The van der Waals surface area contributed by atoms with Crippen LogP contribution in [0.25, 0.3) is 0 Å². The molecule has 0 N–H and O–H groups in total. The molecule has 0 aromatic carbocycles. The molecule has 1 unspecified atom stereocenters. The Hall–Kier alpha value is -0.633. The Labute approximate surface area is 101 Å². The van der Waals surface area contributed by atoms with E-state index in [9.17, 15) is 4.79 Å². The van der Waals surface area contributed by atoms with E-state index in [1.165, 1.54) is 12.5 Å². The number of allylic oxidation sites excluding steroid dienone is 4. The van der Waals surface area contributed by atoms with Crippen molar-refractivity contribution in [3.8, 4) is 0 Å². The summed E-state index contributed by atoms with van der Waals surface area (Å²) in [7, 11) is -0.901. The molecule has 0 spiro atoms. The van der Waals surface area contributed by atoms with Crippen LogP contribution in [0, 0.1) is 5.92 Å². The van der Waals surface area contributed by atoms with Crippen LogP contribution < -0.4 is 0 Å². The predicted octanol–water partition coefficient (Wildman–Crippen LogP) is 4.20. The minimum atomic E-state index is -0.901. The van der Waals surface area contributed by atoms with E-state index in [1.807, 2.05) is 0 Å². The van der Waals surface area contributed by atoms with Crippen molar-refractivity contribution in [1.82, 2.24) is 0 Å². The van der Waals surface area contributed by atoms with Gasteiger partial charge in [0.2, 0.25) is 0 Å². The summed E-state index contributed by atoms with van der Waals surface area (Å²) in [6.45, 7) is 7.19. The van der Waals surface area contributed by atoms with Gasteiger partial charge in [-0.15, -0.1) is 0 Å². The molecular formula is C14H24OSi. The van der Waals surface area contributed by atoms with Crippen molar-refractivity contribution >= 4 is 13.9 Å². The van der Waals surface area contributed by atoms with Gasteiger partial charge in [-0.2, -0.15) is 0 Å². The monoisotopic (exact) mass is 236 g/mol. The van der Waals surface area contributed by atoms with E-state index in [-0.39, 0.29) is 0 Å². The fourth-order valence-electron chi connectivity index (χ4n) is 1.86. The van der Waals surface area contributed by atoms with Crippen molar-refractivity contribution in [2.75, 3.05) is 0 Å². The fourth-order valence-corrected chi connectivity index (χ4v) is 2.73. The highest BCUT2D eigenvalue weighted by Crippen LogP contribution is 2.20. The van der Waals surface area contributed by atoms with E-state index in [0.717, 1.165) is 19.3 Å². The summed E-state index contributed by atoms with van der Waals surface area (Å²) in [5, 5.41) is 0. The quantitative estimate of drug-likeness (QED) is 0.516. The first kappa shape index (κ1) is 13.4. The molecule has 16 heavy (non-hydrogen) atoms. The van der Waals surface area contributed by atoms with Crippen molar-refractivity contribution in [2.24, 2.45) is 5.92 Å². The topological polar surface area (TPSA) is 17.1 Å². The van der Waals surface area contributed by atoms with Gasteiger partial charge in [-0.1, -0.05) is 37.9 Å². The maximum atomic E-state index is 11.0. The smallest absolute Gasteiger partial charge is 0.155 e. The largest absolute Gasteiger partial charge is 0.295 e. The minimum absolute atomic E-state index is 0.297. The highest BCUT2D eigenvalue weighted by atomic mass is 28.3. The zero-order valence-electron chi connectivity index (χ0n) is 10.8. The van der Waals surface area contributed by atoms with Gasteiger partial charge in [-0.05, 0) is 37.3 Å². The van der Waals surface area contributed by atoms with Gasteiger partial charge < -0.3 is 0 Å². The zero-order chi connectivity index (χ0) is 12.0. The molecule has 1 rings (SSSR count). The van der Waals surface area contributed by atoms with Crippen LogP contribution in [0.1, 0.15) is 25.7 Å². The molecule has 0 amide bonds. The van der Waals surface area contributed by atoms with E-state index in [1.54, 1.807) is 6.08 Å². The number of carbonyl (C=O) groups is 1. The highest BCUT2D eigenvalue weighted by molar-refractivity contribution is 6.76. The van der Waals surface area contributed by atoms with Crippen molar-refractivity contribution in [3.63, 3.8) is 0 Å². The van der Waals surface area contributed by atoms with Gasteiger partial charge in [-0.25, -0.2) is 0 Å². The van der Waals surface area contributed by atoms with Gasteiger partial charge in [0.25, 0.3) is 0 Å². The summed E-state index contributed by atoms with van der Waals surface area (Å²) in [4.78, 5) is 11.0. The molecule has 2 heteroatoms. The Kier molecular flexibility index (Phi) is 5.20. The van der Waals surface area contributed by atoms with E-state index >= 15 is 0 Å². The van der Waals surface area contributed by atoms with Crippen LogP contribution in [0.2, 0.25) is 25.7 Å². The summed E-state index contributed by atoms with van der Waals surface area (Å²) >= 11 is 0. The molecule has 0 saturated heterocycles. The Balaban J connectivity index is 2.16. The third-order valence-corrected chi connectivity index (χ3v) is 4.38. The van der Waals surface area contributed by atoms with Crippen LogP contribution in [0.5, 0.6) is 0 Å². The van der Waals surface area contributed by atoms with Gasteiger partial charge in [0.1, 0.15) is 0 Å². The van der Waals surface area contributed by atoms with Crippen molar-refractivity contribution in [1.29, 1.82) is 0 Å². The first-order valence-electron chi connectivity index (χ1n) is 6.33. The Bertz CT molecular complexity index is 284. The summed E-state index contributed by atoms with van der Waals surface area (Å²) in [6.07, 6.45) is 12.7. The summed E-state index contributed by atoms with van der Waals surface area (Å²) < 4.78 is 0. The fraction of sp³-hybridized carbons (Fsp3) is 0.643. The van der Waals surface area contributed by atoms with Gasteiger partial charge in [-0.3, -0.25) is 4.79 Å². The molecule has 0 aromatic heterocycles. The van der Waals surface area contributed by atoms with Gasteiger partial charge in [0, 0.05) is 14.5 Å². The van der Waals surface area contributed by atoms with E-state index in [0.29, 0.717) is 11.7 Å². The molecule has 0 saturated carbocycles. The molecule has 1 atom stereocenters. The maximum absolute atomic E-state index is 11.0. The first-order chi connectivity index (χ1) is 7.47. The molecule has 0 heterocycles. The average Bonchev–Trinajstić information content (AvgIpc) is 2.19. The number of ketones is 1. The molecular weight excluding hydrogens is 212 g/mol. The highest BCUT2D eigenvalue weighted by Gasteiger charge is 2.12. The SMILES string of the molecule is C[Si](C)(C)C/C=C\CCC1C=CC(=O)CC1. The molecule has 0 aliphatic heterocycles. The van der Waals surface area contributed by atoms with Crippen LogP contribution >= 0.6 is 0 Å². The standard InChI is InChI=1S/C14H24OSi/c1-16(2,3)12-6-4-5-7-13-8-10-14(15)11-9-13/h4,6,8,10,13H,5,7,9,11-12H2,1-3H3/b6-4-. The number of hydrogen-bond donors (Lipinski definition) is 0. The van der Waals surface area contributed by atoms with Crippen LogP contribution in [0.3, 0.4) is 0 Å². The molecule has 0 fully saturated rings. The zero-order valence-corrected chi connectivity index (χ0v) is 11.8. The number of hydrogen-bond acceptors (Lipinski definition) is 1. The Morgan fingerprint density at radius 1 is 1.38 bits per heavy atom. The molecule has 0 radical (unpaired) electrons. The first-order valence-corrected chi connectivity index (χ1v) is 10.0. The lowest BCUT2D eigenvalue weighted by molar-refractivity contribution is -0.115. The molecule has 1 aliphatic rings. The van der Waals surface area contributed by atoms with Gasteiger partial charge in [0.15, 0.2) is 5.78 Å². The Morgan fingerprint density at radius 3 is 2.69 bits per heavy atom. The van der Waals surface area contributed by atoms with Crippen molar-refractivity contribution in [3.05, 3.63) is 24.3 Å². The Morgan fingerprint density at radius 2 is 2.12 bits per heavy atom. The number of carbonyl (C=O) groups excluding carboxylic acids is 1. The van der Waals surface area contributed by atoms with E-state index in [4.69, 9.17) is 0 Å².